The average molecular weight is 234 g/mol. The van der Waals surface area contributed by atoms with Crippen LogP contribution in [0.15, 0.2) is 44.0 Å². The van der Waals surface area contributed by atoms with Gasteiger partial charge in [0.05, 0.1) is 5.88 Å². The molecular formula is C10H8ClN5. The van der Waals surface area contributed by atoms with Gasteiger partial charge in [0.1, 0.15) is 23.3 Å². The lowest BCUT2D eigenvalue weighted by Gasteiger charge is -2.30. The zero-order valence-electron chi connectivity index (χ0n) is 8.55. The van der Waals surface area contributed by atoms with Crippen molar-refractivity contribution in [2.45, 2.75) is 6.92 Å². The molecule has 0 saturated carbocycles. The molecule has 16 heavy (non-hydrogen) atoms. The van der Waals surface area contributed by atoms with E-state index in [2.05, 4.69) is 20.0 Å². The number of guanidine groups is 1. The second-order valence-corrected chi connectivity index (χ2v) is 3.69. The van der Waals surface area contributed by atoms with E-state index in [0.717, 1.165) is 11.7 Å². The third-order valence-corrected chi connectivity index (χ3v) is 2.52. The SMILES string of the molecule is CC1=NC2=NC(CCl)=NC3=CC=CC(=N1)N32. The molecule has 0 aromatic rings. The second-order valence-electron chi connectivity index (χ2n) is 3.42. The molecule has 0 unspecified atom stereocenters. The molecule has 0 radical (unpaired) electrons. The fraction of sp³-hybridized carbons (Fsp3) is 0.200. The lowest BCUT2D eigenvalue weighted by molar-refractivity contribution is 0.710. The van der Waals surface area contributed by atoms with Gasteiger partial charge < -0.3 is 0 Å². The first-order valence-electron chi connectivity index (χ1n) is 4.82. The molecule has 5 nitrogen and oxygen atoms in total. The van der Waals surface area contributed by atoms with Gasteiger partial charge in [0.25, 0.3) is 0 Å². The predicted octanol–water partition coefficient (Wildman–Crippen LogP) is 1.54. The predicted molar refractivity (Wildman–Crippen MR) is 65.2 cm³/mol. The Morgan fingerprint density at radius 1 is 1.25 bits per heavy atom. The molecule has 6 heteroatoms. The standard InChI is InChI=1S/C10H8ClN5/c1-6-12-8-3-2-4-9-14-7(5-11)15-10(13-6)16(8)9/h2-4H,5H2,1H3. The van der Waals surface area contributed by atoms with Gasteiger partial charge in [0, 0.05) is 0 Å². The maximum atomic E-state index is 5.74. The second kappa shape index (κ2) is 3.38. The summed E-state index contributed by atoms with van der Waals surface area (Å²) in [5, 5.41) is 0. The van der Waals surface area contributed by atoms with Crippen molar-refractivity contribution in [3.05, 3.63) is 24.0 Å². The summed E-state index contributed by atoms with van der Waals surface area (Å²) in [4.78, 5) is 19.0. The number of aliphatic imine (C=N–C) groups is 4. The summed E-state index contributed by atoms with van der Waals surface area (Å²) in [5.41, 5.74) is 0. The van der Waals surface area contributed by atoms with Gasteiger partial charge in [-0.1, -0.05) is 6.08 Å². The van der Waals surface area contributed by atoms with Gasteiger partial charge in [-0.15, -0.1) is 11.6 Å². The van der Waals surface area contributed by atoms with E-state index in [-0.39, 0.29) is 5.88 Å². The molecule has 0 aromatic carbocycles. The van der Waals surface area contributed by atoms with Crippen molar-refractivity contribution < 1.29 is 0 Å². The highest BCUT2D eigenvalue weighted by Gasteiger charge is 2.29. The van der Waals surface area contributed by atoms with E-state index < -0.39 is 0 Å². The largest absolute Gasteiger partial charge is 0.246 e. The van der Waals surface area contributed by atoms with E-state index in [0.29, 0.717) is 17.6 Å². The number of amidine groups is 3. The first-order valence-corrected chi connectivity index (χ1v) is 5.36. The highest BCUT2D eigenvalue weighted by molar-refractivity contribution is 6.30. The van der Waals surface area contributed by atoms with Crippen molar-refractivity contribution in [3.63, 3.8) is 0 Å². The molecule has 3 aliphatic rings. The van der Waals surface area contributed by atoms with Crippen molar-refractivity contribution in [1.29, 1.82) is 0 Å². The normalized spacial score (nSPS) is 21.6. The van der Waals surface area contributed by atoms with Gasteiger partial charge in [-0.3, -0.25) is 0 Å². The molecule has 0 aliphatic carbocycles. The molecule has 0 bridgehead atoms. The summed E-state index contributed by atoms with van der Waals surface area (Å²) in [6.07, 6.45) is 5.69. The van der Waals surface area contributed by atoms with Crippen molar-refractivity contribution in [1.82, 2.24) is 4.90 Å². The number of nitrogens with zero attached hydrogens (tertiary/aromatic N) is 5. The fourth-order valence-electron chi connectivity index (χ4n) is 1.66. The summed E-state index contributed by atoms with van der Waals surface area (Å²) >= 11 is 5.74. The highest BCUT2D eigenvalue weighted by atomic mass is 35.5. The quantitative estimate of drug-likeness (QED) is 0.634. The van der Waals surface area contributed by atoms with Crippen molar-refractivity contribution in [3.8, 4) is 0 Å². The van der Waals surface area contributed by atoms with Crippen LogP contribution in [0.25, 0.3) is 0 Å². The molecule has 0 spiro atoms. The number of hydrogen-bond acceptors (Lipinski definition) is 5. The van der Waals surface area contributed by atoms with Crippen LogP contribution in [0, 0.1) is 0 Å². The summed E-state index contributed by atoms with van der Waals surface area (Å²) in [6.45, 7) is 1.84. The third kappa shape index (κ3) is 1.32. The minimum atomic E-state index is 0.277. The Labute approximate surface area is 97.3 Å². The maximum Gasteiger partial charge on any atom is 0.240 e. The van der Waals surface area contributed by atoms with Crippen LogP contribution < -0.4 is 0 Å². The van der Waals surface area contributed by atoms with Gasteiger partial charge in [-0.05, 0) is 19.1 Å². The highest BCUT2D eigenvalue weighted by Crippen LogP contribution is 2.22. The van der Waals surface area contributed by atoms with Crippen LogP contribution in [0.4, 0.5) is 0 Å². The van der Waals surface area contributed by atoms with Crippen LogP contribution in [-0.2, 0) is 0 Å². The van der Waals surface area contributed by atoms with E-state index in [4.69, 9.17) is 11.6 Å². The summed E-state index contributed by atoms with van der Waals surface area (Å²) in [5.74, 6) is 3.68. The monoisotopic (exact) mass is 233 g/mol. The molecule has 0 saturated heterocycles. The average Bonchev–Trinajstić information content (AvgIpc) is 2.28. The van der Waals surface area contributed by atoms with Crippen LogP contribution in [0.3, 0.4) is 0 Å². The molecule has 80 valence electrons. The van der Waals surface area contributed by atoms with Gasteiger partial charge in [-0.25, -0.2) is 14.9 Å². The van der Waals surface area contributed by atoms with E-state index in [9.17, 15) is 0 Å². The zero-order valence-corrected chi connectivity index (χ0v) is 9.31. The fourth-order valence-corrected chi connectivity index (χ4v) is 1.78. The van der Waals surface area contributed by atoms with Crippen molar-refractivity contribution in [2.24, 2.45) is 20.0 Å². The van der Waals surface area contributed by atoms with E-state index in [1.807, 2.05) is 30.1 Å². The molecule has 0 aromatic heterocycles. The Kier molecular flexibility index (Phi) is 2.00. The molecule has 0 N–H and O–H groups in total. The molecule has 0 amide bonds. The number of allylic oxidation sites excluding steroid dienone is 2. The summed E-state index contributed by atoms with van der Waals surface area (Å²) in [6, 6.07) is 0. The Bertz CT molecular complexity index is 535. The minimum absolute atomic E-state index is 0.277. The number of hydrogen-bond donors (Lipinski definition) is 0. The van der Waals surface area contributed by atoms with Crippen molar-refractivity contribution in [2.75, 3.05) is 5.88 Å². The molecule has 0 atom stereocenters. The lowest BCUT2D eigenvalue weighted by Crippen LogP contribution is -2.41. The smallest absolute Gasteiger partial charge is 0.240 e. The van der Waals surface area contributed by atoms with Gasteiger partial charge >= 0.3 is 0 Å². The van der Waals surface area contributed by atoms with Gasteiger partial charge in [-0.2, -0.15) is 9.98 Å². The number of alkyl halides is 1. The first kappa shape index (κ1) is 9.47. The first-order chi connectivity index (χ1) is 7.78. The third-order valence-electron chi connectivity index (χ3n) is 2.28. The van der Waals surface area contributed by atoms with E-state index >= 15 is 0 Å². The van der Waals surface area contributed by atoms with E-state index in [1.54, 1.807) is 0 Å². The lowest BCUT2D eigenvalue weighted by atomic mass is 10.3. The summed E-state index contributed by atoms with van der Waals surface area (Å²) < 4.78 is 0. The zero-order chi connectivity index (χ0) is 11.1. The number of rotatable bonds is 1. The molecule has 3 heterocycles. The maximum absolute atomic E-state index is 5.74. The van der Waals surface area contributed by atoms with Crippen molar-refractivity contribution >= 4 is 35.1 Å². The van der Waals surface area contributed by atoms with Crippen LogP contribution in [0.5, 0.6) is 0 Å². The van der Waals surface area contributed by atoms with E-state index in [1.165, 1.54) is 0 Å². The van der Waals surface area contributed by atoms with Gasteiger partial charge in [0.15, 0.2) is 0 Å². The Morgan fingerprint density at radius 2 is 2.12 bits per heavy atom. The molecular weight excluding hydrogens is 226 g/mol. The van der Waals surface area contributed by atoms with Gasteiger partial charge in [0.2, 0.25) is 5.96 Å². The van der Waals surface area contributed by atoms with Crippen LogP contribution in [0.2, 0.25) is 0 Å². The Balaban J connectivity index is 2.18. The summed E-state index contributed by atoms with van der Waals surface area (Å²) in [7, 11) is 0. The Hall–Kier alpha value is -1.75. The van der Waals surface area contributed by atoms with Crippen LogP contribution >= 0.6 is 11.6 Å². The molecule has 3 aliphatic heterocycles. The molecule has 3 rings (SSSR count). The topological polar surface area (TPSA) is 52.7 Å². The number of halogens is 1. The van der Waals surface area contributed by atoms with Crippen LogP contribution in [0.1, 0.15) is 6.92 Å². The van der Waals surface area contributed by atoms with Crippen LogP contribution in [-0.4, -0.2) is 34.2 Å². The minimum Gasteiger partial charge on any atom is -0.246 e. The Morgan fingerprint density at radius 3 is 2.94 bits per heavy atom. The molecule has 0 fully saturated rings.